The van der Waals surface area contributed by atoms with Crippen molar-refractivity contribution in [2.75, 3.05) is 44.8 Å². The van der Waals surface area contributed by atoms with Crippen LogP contribution in [0, 0.1) is 0 Å². The average Bonchev–Trinajstić information content (AvgIpc) is 2.75. The van der Waals surface area contributed by atoms with Crippen molar-refractivity contribution in [3.05, 3.63) is 0 Å². The molecule has 6 heteroatoms. The Balaban J connectivity index is 1.64. The summed E-state index contributed by atoms with van der Waals surface area (Å²) in [6, 6.07) is 0.593. The molecule has 0 aromatic carbocycles. The summed E-state index contributed by atoms with van der Waals surface area (Å²) in [7, 11) is -2.84. The van der Waals surface area contributed by atoms with E-state index in [0.29, 0.717) is 18.7 Å². The van der Waals surface area contributed by atoms with Crippen molar-refractivity contribution >= 4 is 9.84 Å². The molecule has 2 rings (SSSR count). The topological polar surface area (TPSA) is 58.6 Å². The van der Waals surface area contributed by atoms with Crippen molar-refractivity contribution in [3.63, 3.8) is 0 Å². The summed E-state index contributed by atoms with van der Waals surface area (Å²) >= 11 is 0. The molecule has 2 fully saturated rings. The zero-order valence-corrected chi connectivity index (χ0v) is 11.9. The Morgan fingerprint density at radius 3 is 2.94 bits per heavy atom. The van der Waals surface area contributed by atoms with E-state index in [1.807, 2.05) is 0 Å². The highest BCUT2D eigenvalue weighted by molar-refractivity contribution is 7.90. The lowest BCUT2D eigenvalue weighted by Crippen LogP contribution is -2.50. The molecule has 0 radical (unpaired) electrons. The number of hydrogen-bond acceptors (Lipinski definition) is 5. The molecule has 0 bridgehead atoms. The fraction of sp³-hybridized carbons (Fsp3) is 1.00. The lowest BCUT2D eigenvalue weighted by molar-refractivity contribution is -0.0548. The van der Waals surface area contributed by atoms with Crippen LogP contribution in [0.25, 0.3) is 0 Å². The predicted molar refractivity (Wildman–Crippen MR) is 71.5 cm³/mol. The van der Waals surface area contributed by atoms with Gasteiger partial charge in [0, 0.05) is 38.5 Å². The van der Waals surface area contributed by atoms with Crippen LogP contribution in [0.1, 0.15) is 19.3 Å². The van der Waals surface area contributed by atoms with Gasteiger partial charge in [0.15, 0.2) is 0 Å². The van der Waals surface area contributed by atoms with E-state index < -0.39 is 9.84 Å². The van der Waals surface area contributed by atoms with E-state index in [4.69, 9.17) is 4.74 Å². The first-order valence-electron chi connectivity index (χ1n) is 6.80. The van der Waals surface area contributed by atoms with Gasteiger partial charge in [0.25, 0.3) is 0 Å². The van der Waals surface area contributed by atoms with E-state index in [0.717, 1.165) is 26.2 Å². The number of nitrogens with zero attached hydrogens (tertiary/aromatic N) is 1. The van der Waals surface area contributed by atoms with Gasteiger partial charge in [-0.3, -0.25) is 4.90 Å². The molecular weight excluding hydrogens is 252 g/mol. The maximum absolute atomic E-state index is 11.0. The summed E-state index contributed by atoms with van der Waals surface area (Å²) in [6.07, 6.45) is 5.43. The van der Waals surface area contributed by atoms with E-state index in [2.05, 4.69) is 10.2 Å². The highest BCUT2D eigenvalue weighted by Crippen LogP contribution is 2.29. The van der Waals surface area contributed by atoms with Gasteiger partial charge in [0.2, 0.25) is 0 Å². The molecule has 0 aromatic heterocycles. The van der Waals surface area contributed by atoms with Gasteiger partial charge in [0.05, 0.1) is 18.5 Å². The molecule has 2 unspecified atom stereocenters. The van der Waals surface area contributed by atoms with E-state index in [1.165, 1.54) is 25.5 Å². The zero-order chi connectivity index (χ0) is 13.0. The second-order valence-corrected chi connectivity index (χ2v) is 7.58. The predicted octanol–water partition coefficient (Wildman–Crippen LogP) is -0.126. The van der Waals surface area contributed by atoms with Crippen molar-refractivity contribution in [1.29, 1.82) is 0 Å². The number of ether oxygens (including phenoxy) is 1. The summed E-state index contributed by atoms with van der Waals surface area (Å²) in [6.45, 7) is 4.25. The van der Waals surface area contributed by atoms with E-state index >= 15 is 0 Å². The molecule has 0 aromatic rings. The molecule has 2 atom stereocenters. The van der Waals surface area contributed by atoms with Crippen molar-refractivity contribution < 1.29 is 13.2 Å². The summed E-state index contributed by atoms with van der Waals surface area (Å²) in [5.41, 5.74) is 0. The van der Waals surface area contributed by atoms with Crippen LogP contribution in [0.3, 0.4) is 0 Å². The number of rotatable bonds is 6. The van der Waals surface area contributed by atoms with Gasteiger partial charge < -0.3 is 10.1 Å². The summed E-state index contributed by atoms with van der Waals surface area (Å²) in [5.74, 6) is 0.224. The van der Waals surface area contributed by atoms with Crippen LogP contribution in [0.5, 0.6) is 0 Å². The normalized spacial score (nSPS) is 29.4. The molecule has 106 valence electrons. The van der Waals surface area contributed by atoms with Gasteiger partial charge in [0.1, 0.15) is 9.84 Å². The van der Waals surface area contributed by atoms with Crippen LogP contribution >= 0.6 is 0 Å². The van der Waals surface area contributed by atoms with Crippen LogP contribution in [0.2, 0.25) is 0 Å². The molecule has 1 aliphatic heterocycles. The quantitative estimate of drug-likeness (QED) is 0.685. The van der Waals surface area contributed by atoms with E-state index in [-0.39, 0.29) is 5.75 Å². The van der Waals surface area contributed by atoms with Gasteiger partial charge in [-0.25, -0.2) is 8.42 Å². The summed E-state index contributed by atoms with van der Waals surface area (Å²) in [4.78, 5) is 2.49. The molecule has 5 nitrogen and oxygen atoms in total. The Hall–Kier alpha value is -0.170. The fourth-order valence-electron chi connectivity index (χ4n) is 2.89. The highest BCUT2D eigenvalue weighted by Gasteiger charge is 2.35. The molecule has 1 N–H and O–H groups in total. The van der Waals surface area contributed by atoms with Crippen molar-refractivity contribution in [2.45, 2.75) is 31.4 Å². The third kappa shape index (κ3) is 4.19. The second-order valence-electron chi connectivity index (χ2n) is 5.32. The summed E-state index contributed by atoms with van der Waals surface area (Å²) in [5, 5.41) is 3.21. The smallest absolute Gasteiger partial charge is 0.148 e. The molecule has 1 saturated heterocycles. The monoisotopic (exact) mass is 276 g/mol. The fourth-order valence-corrected chi connectivity index (χ4v) is 3.40. The van der Waals surface area contributed by atoms with Crippen LogP contribution in [0.4, 0.5) is 0 Å². The first kappa shape index (κ1) is 14.2. The molecule has 1 saturated carbocycles. The van der Waals surface area contributed by atoms with Gasteiger partial charge in [-0.2, -0.15) is 0 Å². The maximum Gasteiger partial charge on any atom is 0.148 e. The molecule has 0 amide bonds. The first-order chi connectivity index (χ1) is 8.56. The lowest BCUT2D eigenvalue weighted by atomic mass is 10.1. The van der Waals surface area contributed by atoms with Crippen molar-refractivity contribution in [2.24, 2.45) is 0 Å². The minimum absolute atomic E-state index is 0.224. The van der Waals surface area contributed by atoms with Gasteiger partial charge in [-0.05, 0) is 19.3 Å². The molecule has 0 spiro atoms. The van der Waals surface area contributed by atoms with Crippen LogP contribution in [-0.4, -0.2) is 70.3 Å². The largest absolute Gasteiger partial charge is 0.375 e. The zero-order valence-electron chi connectivity index (χ0n) is 11.1. The summed E-state index contributed by atoms with van der Waals surface area (Å²) < 4.78 is 27.7. The molecule has 1 heterocycles. The Morgan fingerprint density at radius 2 is 2.17 bits per heavy atom. The van der Waals surface area contributed by atoms with Crippen LogP contribution in [0.15, 0.2) is 0 Å². The number of sulfone groups is 1. The molecule has 1 aliphatic carbocycles. The molecular formula is C12H24N2O3S. The molecule has 2 aliphatic rings. The molecule has 18 heavy (non-hydrogen) atoms. The Bertz CT molecular complexity index is 358. The van der Waals surface area contributed by atoms with Crippen LogP contribution in [-0.2, 0) is 14.6 Å². The standard InChI is InChI=1S/C12H24N2O3S/c1-18(15,16)10-6-13-5-7-14-8-9-17-12-4-2-3-11(12)14/h11-13H,2-10H2,1H3. The third-order valence-electron chi connectivity index (χ3n) is 3.82. The van der Waals surface area contributed by atoms with Crippen LogP contribution < -0.4 is 5.32 Å². The Morgan fingerprint density at radius 1 is 1.33 bits per heavy atom. The van der Waals surface area contributed by atoms with Gasteiger partial charge in [-0.1, -0.05) is 0 Å². The number of hydrogen-bond donors (Lipinski definition) is 1. The number of nitrogens with one attached hydrogen (secondary N) is 1. The SMILES string of the molecule is CS(=O)(=O)CCNCCN1CCOC2CCCC21. The highest BCUT2D eigenvalue weighted by atomic mass is 32.2. The van der Waals surface area contributed by atoms with Crippen molar-refractivity contribution in [1.82, 2.24) is 10.2 Å². The van der Waals surface area contributed by atoms with Gasteiger partial charge >= 0.3 is 0 Å². The van der Waals surface area contributed by atoms with Crippen molar-refractivity contribution in [3.8, 4) is 0 Å². The lowest BCUT2D eigenvalue weighted by Gasteiger charge is -2.37. The maximum atomic E-state index is 11.0. The Labute approximate surface area is 110 Å². The first-order valence-corrected chi connectivity index (χ1v) is 8.86. The Kier molecular flexibility index (Phi) is 5.00. The minimum Gasteiger partial charge on any atom is -0.375 e. The minimum atomic E-state index is -2.84. The average molecular weight is 276 g/mol. The van der Waals surface area contributed by atoms with E-state index in [1.54, 1.807) is 0 Å². The van der Waals surface area contributed by atoms with E-state index in [9.17, 15) is 8.42 Å². The van der Waals surface area contributed by atoms with Gasteiger partial charge in [-0.15, -0.1) is 0 Å². The third-order valence-corrected chi connectivity index (χ3v) is 4.77. The second kappa shape index (κ2) is 6.32. The number of morpholine rings is 1. The number of fused-ring (bicyclic) bond motifs is 1.